The first-order chi connectivity index (χ1) is 19.1. The molecule has 5 aromatic rings. The Kier molecular flexibility index (Phi) is 7.11. The van der Waals surface area contributed by atoms with Crippen molar-refractivity contribution in [2.24, 2.45) is 11.8 Å². The van der Waals surface area contributed by atoms with Gasteiger partial charge in [0.1, 0.15) is 24.4 Å². The molecule has 3 aliphatic rings. The van der Waals surface area contributed by atoms with E-state index in [0.29, 0.717) is 11.8 Å². The zero-order valence-corrected chi connectivity index (χ0v) is 24.3. The molecule has 5 atom stereocenters. The highest BCUT2D eigenvalue weighted by molar-refractivity contribution is 5.97. The lowest BCUT2D eigenvalue weighted by atomic mass is 9.71. The van der Waals surface area contributed by atoms with Crippen LogP contribution in [0, 0.1) is 11.8 Å². The van der Waals surface area contributed by atoms with Gasteiger partial charge in [0.25, 0.3) is 0 Å². The van der Waals surface area contributed by atoms with E-state index in [2.05, 4.69) is 66.2 Å². The van der Waals surface area contributed by atoms with Crippen LogP contribution in [0.1, 0.15) is 30.1 Å². The van der Waals surface area contributed by atoms with Crippen molar-refractivity contribution in [2.75, 3.05) is 20.2 Å². The van der Waals surface area contributed by atoms with Gasteiger partial charge in [0.2, 0.25) is 0 Å². The van der Waals surface area contributed by atoms with Gasteiger partial charge in [-0.15, -0.1) is 6.58 Å². The van der Waals surface area contributed by atoms with E-state index in [1.54, 1.807) is 7.11 Å². The molecule has 0 amide bonds. The molecule has 0 spiro atoms. The number of aromatic nitrogens is 2. The van der Waals surface area contributed by atoms with Crippen LogP contribution in [0.5, 0.6) is 5.75 Å². The van der Waals surface area contributed by atoms with Crippen LogP contribution in [-0.4, -0.2) is 45.8 Å². The quantitative estimate of drug-likeness (QED) is 0.185. The third kappa shape index (κ3) is 4.30. The Labute approximate surface area is 245 Å². The Morgan fingerprint density at radius 2 is 1.73 bits per heavy atom. The van der Waals surface area contributed by atoms with Crippen molar-refractivity contribution in [3.8, 4) is 5.75 Å². The van der Waals surface area contributed by atoms with Crippen molar-refractivity contribution < 1.29 is 31.3 Å². The minimum atomic E-state index is -0.615. The van der Waals surface area contributed by atoms with Crippen LogP contribution in [0.15, 0.2) is 91.6 Å². The fraction of sp³-hybridized carbons (Fsp3) is 0.294. The van der Waals surface area contributed by atoms with Gasteiger partial charge in [0.15, 0.2) is 0 Å². The number of piperidine rings is 3. The summed E-state index contributed by atoms with van der Waals surface area (Å²) in [6.07, 6.45) is 5.51. The Balaban J connectivity index is 0.00000289. The van der Waals surface area contributed by atoms with Crippen LogP contribution in [0.25, 0.3) is 32.7 Å². The number of benzene rings is 3. The molecule has 3 aliphatic heterocycles. The predicted octanol–water partition coefficient (Wildman–Crippen LogP) is 3.59. The first-order valence-corrected chi connectivity index (χ1v) is 14.0. The lowest BCUT2D eigenvalue weighted by molar-refractivity contribution is -0.984. The predicted molar refractivity (Wildman–Crippen MR) is 156 cm³/mol. The number of nitrogens with zero attached hydrogens (tertiary/aromatic N) is 3. The molecule has 1 N–H and O–H groups in total. The van der Waals surface area contributed by atoms with Gasteiger partial charge in [0.05, 0.1) is 36.7 Å². The summed E-state index contributed by atoms with van der Waals surface area (Å²) in [5.41, 5.74) is 5.21. The first-order valence-electron chi connectivity index (χ1n) is 14.0. The molecule has 3 aromatic carbocycles. The second-order valence-electron chi connectivity index (χ2n) is 11.4. The van der Waals surface area contributed by atoms with E-state index in [9.17, 15) is 5.11 Å². The van der Waals surface area contributed by atoms with E-state index in [-0.39, 0.29) is 23.0 Å². The lowest BCUT2D eigenvalue weighted by Crippen LogP contribution is -3.00. The highest BCUT2D eigenvalue weighted by Gasteiger charge is 2.54. The molecule has 0 saturated carbocycles. The van der Waals surface area contributed by atoms with Gasteiger partial charge in [-0.3, -0.25) is 4.98 Å². The van der Waals surface area contributed by atoms with E-state index < -0.39 is 6.10 Å². The van der Waals surface area contributed by atoms with Crippen LogP contribution < -0.4 is 21.7 Å². The van der Waals surface area contributed by atoms with Gasteiger partial charge in [-0.05, 0) is 47.9 Å². The van der Waals surface area contributed by atoms with Gasteiger partial charge in [-0.25, -0.2) is 4.98 Å². The zero-order valence-electron chi connectivity index (χ0n) is 22.7. The van der Waals surface area contributed by atoms with Crippen molar-refractivity contribution in [1.82, 2.24) is 9.97 Å². The number of fused-ring (bicyclic) bond motifs is 6. The summed E-state index contributed by atoms with van der Waals surface area (Å²) in [7, 11) is 1.68. The molecule has 0 aliphatic carbocycles. The molecule has 204 valence electrons. The van der Waals surface area contributed by atoms with Gasteiger partial charge in [-0.1, -0.05) is 42.5 Å². The number of rotatable bonds is 6. The van der Waals surface area contributed by atoms with E-state index in [1.165, 1.54) is 16.3 Å². The van der Waals surface area contributed by atoms with Crippen molar-refractivity contribution in [2.45, 2.75) is 31.5 Å². The molecule has 40 heavy (non-hydrogen) atoms. The van der Waals surface area contributed by atoms with Crippen LogP contribution in [-0.2, 0) is 6.54 Å². The molecule has 3 saturated heterocycles. The molecule has 8 rings (SSSR count). The summed E-state index contributed by atoms with van der Waals surface area (Å²) >= 11 is 0. The highest BCUT2D eigenvalue weighted by Crippen LogP contribution is 2.49. The molecule has 2 aromatic heterocycles. The first kappa shape index (κ1) is 26.9. The summed E-state index contributed by atoms with van der Waals surface area (Å²) in [5, 5.41) is 15.6. The molecule has 3 fully saturated rings. The minimum absolute atomic E-state index is 0. The standard InChI is InChI=1S/C34H34N3O2.BrH/c1-3-22-20-37(21-29-25-8-4-6-10-31(25)36-32-11-7-5-9-26(29)32)17-15-23(22)18-33(37)34(38)27-14-16-35-30-13-12-24(39-2)19-28(27)30;/h3-14,16,19,22-23,33-34,38H,1,15,17-18,20-21H2,2H3;1H/q+1;/p-1/t22-,23-,33-,34?,37-;/m0./s1. The third-order valence-electron chi connectivity index (χ3n) is 9.51. The van der Waals surface area contributed by atoms with E-state index in [4.69, 9.17) is 9.72 Å². The number of hydrogen-bond acceptors (Lipinski definition) is 4. The summed E-state index contributed by atoms with van der Waals surface area (Å²) in [6.45, 7) is 7.12. The Bertz CT molecular complexity index is 1670. The smallest absolute Gasteiger partial charge is 0.131 e. The highest BCUT2D eigenvalue weighted by atomic mass is 79.9. The summed E-state index contributed by atoms with van der Waals surface area (Å²) in [4.78, 5) is 9.56. The maximum Gasteiger partial charge on any atom is 0.131 e. The molecule has 1 unspecified atom stereocenters. The summed E-state index contributed by atoms with van der Waals surface area (Å²) in [5.74, 6) is 1.78. The van der Waals surface area contributed by atoms with Crippen LogP contribution in [0.2, 0.25) is 0 Å². The van der Waals surface area contributed by atoms with Crippen LogP contribution >= 0.6 is 0 Å². The Morgan fingerprint density at radius 1 is 1.00 bits per heavy atom. The number of quaternary nitrogens is 1. The van der Waals surface area contributed by atoms with E-state index in [0.717, 1.165) is 70.2 Å². The molecule has 0 radical (unpaired) electrons. The maximum atomic E-state index is 12.2. The normalized spacial score (nSPS) is 24.6. The van der Waals surface area contributed by atoms with Gasteiger partial charge < -0.3 is 31.3 Å². The number of para-hydroxylation sites is 2. The number of aliphatic hydroxyl groups excluding tert-OH is 1. The SMILES string of the molecule is C=C[C@H]1C[N@+]2(Cc3c4ccccc4nc4ccccc34)CC[C@H]1C[C@H]2C(O)c1ccnc2ccc(OC)cc12.[Br-]. The fourth-order valence-electron chi connectivity index (χ4n) is 7.53. The molecule has 6 heteroatoms. The number of methoxy groups -OCH3 is 1. The maximum absolute atomic E-state index is 12.2. The van der Waals surface area contributed by atoms with E-state index in [1.807, 2.05) is 30.5 Å². The molecule has 5 heterocycles. The average molecular weight is 597 g/mol. The molecular formula is C34H34BrN3O2. The van der Waals surface area contributed by atoms with Crippen molar-refractivity contribution in [3.05, 3.63) is 103 Å². The fourth-order valence-corrected chi connectivity index (χ4v) is 7.53. The second-order valence-corrected chi connectivity index (χ2v) is 11.4. The number of aliphatic hydroxyl groups is 1. The second kappa shape index (κ2) is 10.6. The van der Waals surface area contributed by atoms with Crippen molar-refractivity contribution in [1.29, 1.82) is 0 Å². The number of halogens is 1. The molecule has 2 bridgehead atoms. The number of hydrogen-bond donors (Lipinski definition) is 1. The number of pyridine rings is 2. The van der Waals surface area contributed by atoms with Crippen LogP contribution in [0.4, 0.5) is 0 Å². The zero-order chi connectivity index (χ0) is 26.6. The lowest BCUT2D eigenvalue weighted by Gasteiger charge is -2.58. The monoisotopic (exact) mass is 595 g/mol. The van der Waals surface area contributed by atoms with Crippen molar-refractivity contribution >= 4 is 32.7 Å². The number of ether oxygens (including phenoxy) is 1. The van der Waals surface area contributed by atoms with Gasteiger partial charge >= 0.3 is 0 Å². The Morgan fingerprint density at radius 3 is 2.42 bits per heavy atom. The minimum Gasteiger partial charge on any atom is -1.00 e. The van der Waals surface area contributed by atoms with Crippen LogP contribution in [0.3, 0.4) is 0 Å². The summed E-state index contributed by atoms with van der Waals surface area (Å²) < 4.78 is 6.38. The van der Waals surface area contributed by atoms with Crippen molar-refractivity contribution in [3.63, 3.8) is 0 Å². The summed E-state index contributed by atoms with van der Waals surface area (Å²) in [6, 6.07) is 25.0. The largest absolute Gasteiger partial charge is 1.00 e. The Hall–Kier alpha value is -3.32. The third-order valence-corrected chi connectivity index (χ3v) is 9.51. The molecule has 5 nitrogen and oxygen atoms in total. The topological polar surface area (TPSA) is 55.2 Å². The van der Waals surface area contributed by atoms with Gasteiger partial charge in [-0.2, -0.15) is 0 Å². The average Bonchev–Trinajstić information content (AvgIpc) is 3.00. The van der Waals surface area contributed by atoms with Gasteiger partial charge in [0, 0.05) is 46.7 Å². The molecular weight excluding hydrogens is 562 g/mol. The van der Waals surface area contributed by atoms with E-state index >= 15 is 0 Å².